The third-order valence-corrected chi connectivity index (χ3v) is 2.89. The molecule has 98 valence electrons. The van der Waals surface area contributed by atoms with E-state index in [1.807, 2.05) is 30.3 Å². The van der Waals surface area contributed by atoms with Gasteiger partial charge in [-0.1, -0.05) is 18.2 Å². The molecule has 0 spiro atoms. The van der Waals surface area contributed by atoms with Crippen LogP contribution in [0.25, 0.3) is 22.8 Å². The van der Waals surface area contributed by atoms with Gasteiger partial charge in [0.1, 0.15) is 0 Å². The number of non-ortho nitro benzene ring substituents is 1. The van der Waals surface area contributed by atoms with Gasteiger partial charge in [0.05, 0.1) is 11.1 Å². The lowest BCUT2D eigenvalue weighted by Gasteiger charge is -1.96. The van der Waals surface area contributed by atoms with E-state index in [2.05, 4.69) is 4.98 Å². The molecule has 0 atom stereocenters. The summed E-state index contributed by atoms with van der Waals surface area (Å²) in [6.07, 6.45) is 1.61. The summed E-state index contributed by atoms with van der Waals surface area (Å²) in [6.45, 7) is 0. The van der Waals surface area contributed by atoms with Gasteiger partial charge in [-0.25, -0.2) is 4.98 Å². The molecular weight excluding hydrogens is 256 g/mol. The predicted molar refractivity (Wildman–Crippen MR) is 74.0 cm³/mol. The lowest BCUT2D eigenvalue weighted by molar-refractivity contribution is -0.384. The Morgan fingerprint density at radius 3 is 2.30 bits per heavy atom. The highest BCUT2D eigenvalue weighted by Crippen LogP contribution is 2.27. The van der Waals surface area contributed by atoms with E-state index in [-0.39, 0.29) is 5.69 Å². The molecule has 5 heteroatoms. The zero-order valence-corrected chi connectivity index (χ0v) is 10.4. The molecule has 0 unspecified atom stereocenters. The van der Waals surface area contributed by atoms with Crippen LogP contribution in [0.4, 0.5) is 5.69 Å². The van der Waals surface area contributed by atoms with E-state index in [0.29, 0.717) is 11.7 Å². The Hall–Kier alpha value is -2.95. The summed E-state index contributed by atoms with van der Waals surface area (Å²) in [7, 11) is 0. The van der Waals surface area contributed by atoms with Crippen molar-refractivity contribution in [1.82, 2.24) is 4.98 Å². The van der Waals surface area contributed by atoms with Crippen LogP contribution in [0.5, 0.6) is 0 Å². The first-order valence-electron chi connectivity index (χ1n) is 6.00. The third-order valence-electron chi connectivity index (χ3n) is 2.89. The molecule has 3 aromatic rings. The van der Waals surface area contributed by atoms with Crippen molar-refractivity contribution in [2.24, 2.45) is 0 Å². The van der Waals surface area contributed by atoms with Crippen molar-refractivity contribution < 1.29 is 9.34 Å². The minimum absolute atomic E-state index is 0.0524. The average Bonchev–Trinajstić information content (AvgIpc) is 2.98. The fraction of sp³-hybridized carbons (Fsp3) is 0. The second-order valence-corrected chi connectivity index (χ2v) is 4.20. The molecule has 0 fully saturated rings. The molecule has 3 rings (SSSR count). The molecule has 0 radical (unpaired) electrons. The van der Waals surface area contributed by atoms with Crippen LogP contribution in [0.1, 0.15) is 0 Å². The minimum atomic E-state index is -0.431. The quantitative estimate of drug-likeness (QED) is 0.532. The number of nitro benzene ring substituents is 1. The highest BCUT2D eigenvalue weighted by molar-refractivity contribution is 5.62. The largest absolute Gasteiger partial charge is 0.436 e. The number of hydrogen-bond donors (Lipinski definition) is 0. The number of nitro groups is 1. The van der Waals surface area contributed by atoms with E-state index in [1.165, 1.54) is 12.1 Å². The van der Waals surface area contributed by atoms with Crippen molar-refractivity contribution in [3.8, 4) is 22.8 Å². The second kappa shape index (κ2) is 4.97. The van der Waals surface area contributed by atoms with Gasteiger partial charge in [0, 0.05) is 23.3 Å². The van der Waals surface area contributed by atoms with Gasteiger partial charge in [-0.3, -0.25) is 10.1 Å². The highest BCUT2D eigenvalue weighted by atomic mass is 16.6. The van der Waals surface area contributed by atoms with Gasteiger partial charge in [0.25, 0.3) is 5.69 Å². The molecule has 0 bridgehead atoms. The summed E-state index contributed by atoms with van der Waals surface area (Å²) in [4.78, 5) is 14.4. The van der Waals surface area contributed by atoms with Crippen molar-refractivity contribution >= 4 is 5.69 Å². The Morgan fingerprint density at radius 2 is 1.65 bits per heavy atom. The van der Waals surface area contributed by atoms with Gasteiger partial charge in [-0.15, -0.1) is 0 Å². The lowest BCUT2D eigenvalue weighted by atomic mass is 10.2. The minimum Gasteiger partial charge on any atom is -0.436 e. The topological polar surface area (TPSA) is 69.2 Å². The van der Waals surface area contributed by atoms with Gasteiger partial charge >= 0.3 is 0 Å². The number of benzene rings is 2. The van der Waals surface area contributed by atoms with E-state index in [4.69, 9.17) is 4.42 Å². The molecule has 0 N–H and O–H groups in total. The van der Waals surface area contributed by atoms with Crippen LogP contribution in [0, 0.1) is 10.1 Å². The standard InChI is InChI=1S/C15H10N2O3/c18-17(19)13-8-6-11(7-9-13)14-10-16-15(20-14)12-4-2-1-3-5-12/h1-10H. The zero-order valence-electron chi connectivity index (χ0n) is 10.4. The van der Waals surface area contributed by atoms with Gasteiger partial charge < -0.3 is 4.42 Å². The Kier molecular flexibility index (Phi) is 3.01. The summed E-state index contributed by atoms with van der Waals surface area (Å²) in [5.41, 5.74) is 1.70. The first-order chi connectivity index (χ1) is 9.74. The van der Waals surface area contributed by atoms with Crippen LogP contribution in [0.3, 0.4) is 0 Å². The predicted octanol–water partition coefficient (Wildman–Crippen LogP) is 3.92. The average molecular weight is 266 g/mol. The summed E-state index contributed by atoms with van der Waals surface area (Å²) in [5, 5.41) is 10.6. The first kappa shape index (κ1) is 12.1. The maximum Gasteiger partial charge on any atom is 0.269 e. The van der Waals surface area contributed by atoms with Gasteiger partial charge in [-0.2, -0.15) is 0 Å². The molecule has 2 aromatic carbocycles. The summed E-state index contributed by atoms with van der Waals surface area (Å²) in [6, 6.07) is 15.7. The Morgan fingerprint density at radius 1 is 0.950 bits per heavy atom. The third kappa shape index (κ3) is 2.29. The number of nitrogens with zero attached hydrogens (tertiary/aromatic N) is 2. The molecule has 20 heavy (non-hydrogen) atoms. The molecular formula is C15H10N2O3. The fourth-order valence-corrected chi connectivity index (χ4v) is 1.87. The van der Waals surface area contributed by atoms with Crippen LogP contribution in [0.15, 0.2) is 65.2 Å². The van der Waals surface area contributed by atoms with Crippen LogP contribution < -0.4 is 0 Å². The van der Waals surface area contributed by atoms with Gasteiger partial charge in [0.15, 0.2) is 5.76 Å². The first-order valence-corrected chi connectivity index (χ1v) is 6.00. The molecule has 0 amide bonds. The van der Waals surface area contributed by atoms with E-state index in [9.17, 15) is 10.1 Å². The van der Waals surface area contributed by atoms with E-state index in [0.717, 1.165) is 11.1 Å². The number of rotatable bonds is 3. The van der Waals surface area contributed by atoms with Crippen LogP contribution >= 0.6 is 0 Å². The molecule has 1 aromatic heterocycles. The van der Waals surface area contributed by atoms with E-state index >= 15 is 0 Å². The summed E-state index contributed by atoms with van der Waals surface area (Å²) >= 11 is 0. The van der Waals surface area contributed by atoms with Gasteiger partial charge in [-0.05, 0) is 24.3 Å². The van der Waals surface area contributed by atoms with Crippen molar-refractivity contribution in [3.05, 3.63) is 70.9 Å². The normalized spacial score (nSPS) is 10.4. The highest BCUT2D eigenvalue weighted by Gasteiger charge is 2.10. The molecule has 0 aliphatic heterocycles. The van der Waals surface area contributed by atoms with Crippen molar-refractivity contribution in [2.45, 2.75) is 0 Å². The Bertz CT molecular complexity index is 733. The number of hydrogen-bond acceptors (Lipinski definition) is 4. The molecule has 1 heterocycles. The summed E-state index contributed by atoms with van der Waals surface area (Å²) in [5.74, 6) is 1.11. The van der Waals surface area contributed by atoms with Crippen molar-refractivity contribution in [3.63, 3.8) is 0 Å². The van der Waals surface area contributed by atoms with E-state index < -0.39 is 4.92 Å². The van der Waals surface area contributed by atoms with Crippen LogP contribution in [-0.2, 0) is 0 Å². The number of aromatic nitrogens is 1. The SMILES string of the molecule is O=[N+]([O-])c1ccc(-c2cnc(-c3ccccc3)o2)cc1. The van der Waals surface area contributed by atoms with Gasteiger partial charge in [0.2, 0.25) is 5.89 Å². The Labute approximate surface area is 114 Å². The van der Waals surface area contributed by atoms with E-state index in [1.54, 1.807) is 18.3 Å². The maximum absolute atomic E-state index is 10.6. The fourth-order valence-electron chi connectivity index (χ4n) is 1.87. The van der Waals surface area contributed by atoms with Crippen LogP contribution in [-0.4, -0.2) is 9.91 Å². The molecule has 0 saturated heterocycles. The smallest absolute Gasteiger partial charge is 0.269 e. The molecule has 0 saturated carbocycles. The zero-order chi connectivity index (χ0) is 13.9. The summed E-state index contributed by atoms with van der Waals surface area (Å²) < 4.78 is 5.68. The molecule has 0 aliphatic carbocycles. The number of oxazole rings is 1. The maximum atomic E-state index is 10.6. The Balaban J connectivity index is 1.92. The monoisotopic (exact) mass is 266 g/mol. The lowest BCUT2D eigenvalue weighted by Crippen LogP contribution is -1.86. The molecule has 5 nitrogen and oxygen atoms in total. The second-order valence-electron chi connectivity index (χ2n) is 4.20. The van der Waals surface area contributed by atoms with Crippen molar-refractivity contribution in [2.75, 3.05) is 0 Å². The van der Waals surface area contributed by atoms with Crippen molar-refractivity contribution in [1.29, 1.82) is 0 Å². The molecule has 0 aliphatic rings. The van der Waals surface area contributed by atoms with Crippen LogP contribution in [0.2, 0.25) is 0 Å².